The van der Waals surface area contributed by atoms with E-state index in [4.69, 9.17) is 0 Å². The molecule has 3 nitrogen and oxygen atoms in total. The molecule has 1 heterocycles. The zero-order valence-corrected chi connectivity index (χ0v) is 8.94. The molecule has 0 bridgehead atoms. The van der Waals surface area contributed by atoms with Gasteiger partial charge in [0.25, 0.3) is 5.91 Å². The molecule has 72 valence electrons. The quantitative estimate of drug-likeness (QED) is 0.807. The van der Waals surface area contributed by atoms with Gasteiger partial charge in [-0.3, -0.25) is 4.79 Å². The Kier molecular flexibility index (Phi) is 3.42. The summed E-state index contributed by atoms with van der Waals surface area (Å²) >= 11 is 1.40. The predicted molar refractivity (Wildman–Crippen MR) is 54.2 cm³/mol. The molecule has 0 aliphatic rings. The normalized spacial score (nSPS) is 10.5. The van der Waals surface area contributed by atoms with Gasteiger partial charge in [-0.1, -0.05) is 13.8 Å². The number of carbonyl (C=O) groups is 1. The minimum absolute atomic E-state index is 0.0700. The summed E-state index contributed by atoms with van der Waals surface area (Å²) in [6.07, 6.45) is 0. The Bertz CT molecular complexity index is 294. The number of thiazole rings is 1. The van der Waals surface area contributed by atoms with Crippen LogP contribution in [0.1, 0.15) is 42.2 Å². The van der Waals surface area contributed by atoms with Crippen molar-refractivity contribution in [1.29, 1.82) is 0 Å². The lowest BCUT2D eigenvalue weighted by Gasteiger charge is -1.98. The molecule has 0 aromatic carbocycles. The van der Waals surface area contributed by atoms with Crippen LogP contribution in [0, 0.1) is 0 Å². The molecule has 1 amide bonds. The van der Waals surface area contributed by atoms with Crippen LogP contribution in [0.5, 0.6) is 0 Å². The van der Waals surface area contributed by atoms with Crippen molar-refractivity contribution in [1.82, 2.24) is 10.3 Å². The van der Waals surface area contributed by atoms with Gasteiger partial charge in [-0.2, -0.15) is 0 Å². The van der Waals surface area contributed by atoms with E-state index in [9.17, 15) is 4.79 Å². The Hall–Kier alpha value is -0.900. The Labute approximate surface area is 82.2 Å². The molecule has 13 heavy (non-hydrogen) atoms. The summed E-state index contributed by atoms with van der Waals surface area (Å²) in [5.41, 5.74) is 0.992. The van der Waals surface area contributed by atoms with Gasteiger partial charge in [0.05, 0.1) is 5.69 Å². The van der Waals surface area contributed by atoms with E-state index < -0.39 is 0 Å². The second-order valence-electron chi connectivity index (χ2n) is 3.09. The predicted octanol–water partition coefficient (Wildman–Crippen LogP) is 2.02. The van der Waals surface area contributed by atoms with E-state index in [2.05, 4.69) is 24.1 Å². The van der Waals surface area contributed by atoms with Crippen molar-refractivity contribution in [2.24, 2.45) is 0 Å². The molecule has 0 spiro atoms. The summed E-state index contributed by atoms with van der Waals surface area (Å²) in [6.45, 7) is 6.68. The fourth-order valence-electron chi connectivity index (χ4n) is 0.892. The molecule has 0 saturated carbocycles. The number of carbonyl (C=O) groups excluding carboxylic acids is 1. The number of amides is 1. The van der Waals surface area contributed by atoms with Gasteiger partial charge in [0.1, 0.15) is 0 Å². The lowest BCUT2D eigenvalue weighted by molar-refractivity contribution is 0.0955. The second kappa shape index (κ2) is 4.37. The summed E-state index contributed by atoms with van der Waals surface area (Å²) in [5, 5.41) is 5.22. The number of nitrogens with zero attached hydrogens (tertiary/aromatic N) is 1. The fraction of sp³-hybridized carbons (Fsp3) is 0.556. The molecule has 0 fully saturated rings. The van der Waals surface area contributed by atoms with E-state index in [1.165, 1.54) is 11.3 Å². The zero-order chi connectivity index (χ0) is 9.84. The SMILES string of the molecule is CCNC(=O)c1nc(C(C)C)cs1. The Balaban J connectivity index is 2.73. The molecule has 0 atom stereocenters. The number of rotatable bonds is 3. The average Bonchev–Trinajstić information content (AvgIpc) is 2.52. The standard InChI is InChI=1S/C9H14N2OS/c1-4-10-8(12)9-11-7(5-13-9)6(2)3/h5-6H,4H2,1-3H3,(H,10,12). The lowest BCUT2D eigenvalue weighted by atomic mass is 10.2. The van der Waals surface area contributed by atoms with Gasteiger partial charge in [0.2, 0.25) is 0 Å². The molecule has 1 rings (SSSR count). The van der Waals surface area contributed by atoms with Crippen LogP contribution in [0.3, 0.4) is 0 Å². The van der Waals surface area contributed by atoms with Crippen molar-refractivity contribution in [3.05, 3.63) is 16.1 Å². The monoisotopic (exact) mass is 198 g/mol. The van der Waals surface area contributed by atoms with Crippen LogP contribution >= 0.6 is 11.3 Å². The van der Waals surface area contributed by atoms with Crippen LogP contribution in [0.25, 0.3) is 0 Å². The van der Waals surface area contributed by atoms with Gasteiger partial charge in [0, 0.05) is 11.9 Å². The average molecular weight is 198 g/mol. The maximum Gasteiger partial charge on any atom is 0.280 e. The first-order valence-electron chi connectivity index (χ1n) is 4.38. The van der Waals surface area contributed by atoms with Gasteiger partial charge in [-0.05, 0) is 12.8 Å². The topological polar surface area (TPSA) is 42.0 Å². The molecule has 1 aromatic rings. The maximum atomic E-state index is 11.3. The third kappa shape index (κ3) is 2.52. The van der Waals surface area contributed by atoms with Crippen LogP contribution < -0.4 is 5.32 Å². The third-order valence-electron chi connectivity index (χ3n) is 1.65. The molecule has 1 aromatic heterocycles. The van der Waals surface area contributed by atoms with E-state index in [-0.39, 0.29) is 5.91 Å². The van der Waals surface area contributed by atoms with Crippen LogP contribution in [0.2, 0.25) is 0 Å². The summed E-state index contributed by atoms with van der Waals surface area (Å²) < 4.78 is 0. The van der Waals surface area contributed by atoms with Crippen molar-refractivity contribution in [2.45, 2.75) is 26.7 Å². The van der Waals surface area contributed by atoms with Crippen molar-refractivity contribution >= 4 is 17.2 Å². The van der Waals surface area contributed by atoms with Crippen molar-refractivity contribution in [3.8, 4) is 0 Å². The Morgan fingerprint density at radius 1 is 1.69 bits per heavy atom. The highest BCUT2D eigenvalue weighted by Crippen LogP contribution is 2.17. The minimum atomic E-state index is -0.0700. The molecule has 1 N–H and O–H groups in total. The highest BCUT2D eigenvalue weighted by Gasteiger charge is 2.11. The van der Waals surface area contributed by atoms with Gasteiger partial charge in [-0.25, -0.2) is 4.98 Å². The van der Waals surface area contributed by atoms with Gasteiger partial charge >= 0.3 is 0 Å². The van der Waals surface area contributed by atoms with Crippen molar-refractivity contribution in [3.63, 3.8) is 0 Å². The smallest absolute Gasteiger partial charge is 0.280 e. The van der Waals surface area contributed by atoms with Crippen LogP contribution in [-0.4, -0.2) is 17.4 Å². The maximum absolute atomic E-state index is 11.3. The Morgan fingerprint density at radius 3 is 2.85 bits per heavy atom. The third-order valence-corrected chi connectivity index (χ3v) is 2.50. The first-order chi connectivity index (χ1) is 6.15. The molecule has 0 aliphatic heterocycles. The molecular formula is C9H14N2OS. The van der Waals surface area contributed by atoms with E-state index >= 15 is 0 Å². The molecule has 0 radical (unpaired) electrons. The zero-order valence-electron chi connectivity index (χ0n) is 8.13. The van der Waals surface area contributed by atoms with E-state index in [0.29, 0.717) is 17.5 Å². The van der Waals surface area contributed by atoms with Gasteiger partial charge in [0.15, 0.2) is 5.01 Å². The van der Waals surface area contributed by atoms with E-state index in [0.717, 1.165) is 5.69 Å². The number of hydrogen-bond donors (Lipinski definition) is 1. The number of aromatic nitrogens is 1. The summed E-state index contributed by atoms with van der Waals surface area (Å²) in [4.78, 5) is 15.6. The lowest BCUT2D eigenvalue weighted by Crippen LogP contribution is -2.22. The number of nitrogens with one attached hydrogen (secondary N) is 1. The van der Waals surface area contributed by atoms with E-state index in [1.54, 1.807) is 0 Å². The van der Waals surface area contributed by atoms with Crippen molar-refractivity contribution in [2.75, 3.05) is 6.54 Å². The first kappa shape index (κ1) is 10.2. The molecule has 4 heteroatoms. The van der Waals surface area contributed by atoms with Crippen LogP contribution in [-0.2, 0) is 0 Å². The fourth-order valence-corrected chi connectivity index (χ4v) is 1.79. The highest BCUT2D eigenvalue weighted by molar-refractivity contribution is 7.11. The molecule has 0 saturated heterocycles. The summed E-state index contributed by atoms with van der Waals surface area (Å²) in [5.74, 6) is 0.318. The molecular weight excluding hydrogens is 184 g/mol. The minimum Gasteiger partial charge on any atom is -0.350 e. The molecule has 0 unspecified atom stereocenters. The van der Waals surface area contributed by atoms with Crippen LogP contribution in [0.4, 0.5) is 0 Å². The van der Waals surface area contributed by atoms with Crippen molar-refractivity contribution < 1.29 is 4.79 Å². The highest BCUT2D eigenvalue weighted by atomic mass is 32.1. The van der Waals surface area contributed by atoms with Crippen LogP contribution in [0.15, 0.2) is 5.38 Å². The summed E-state index contributed by atoms with van der Waals surface area (Å²) in [7, 11) is 0. The summed E-state index contributed by atoms with van der Waals surface area (Å²) in [6, 6.07) is 0. The largest absolute Gasteiger partial charge is 0.350 e. The second-order valence-corrected chi connectivity index (χ2v) is 3.95. The number of hydrogen-bond acceptors (Lipinski definition) is 3. The Morgan fingerprint density at radius 2 is 2.38 bits per heavy atom. The van der Waals surface area contributed by atoms with Gasteiger partial charge in [-0.15, -0.1) is 11.3 Å². The van der Waals surface area contributed by atoms with Gasteiger partial charge < -0.3 is 5.32 Å². The molecule has 0 aliphatic carbocycles. The first-order valence-corrected chi connectivity index (χ1v) is 5.26. The van der Waals surface area contributed by atoms with E-state index in [1.807, 2.05) is 12.3 Å².